The van der Waals surface area contributed by atoms with E-state index in [-0.39, 0.29) is 5.91 Å². The van der Waals surface area contributed by atoms with Gasteiger partial charge < -0.3 is 18.5 Å². The van der Waals surface area contributed by atoms with E-state index in [4.69, 9.17) is 13.6 Å². The van der Waals surface area contributed by atoms with Gasteiger partial charge in [-0.15, -0.1) is 11.8 Å². The molecule has 3 aromatic rings. The fraction of sp³-hybridized carbons (Fsp3) is 0.190. The Hall–Kier alpha value is -2.86. The topological polar surface area (TPSA) is 55.8 Å². The lowest BCUT2D eigenvalue weighted by Gasteiger charge is -2.26. The number of benzene rings is 1. The lowest BCUT2D eigenvalue weighted by Crippen LogP contribution is -2.33. The van der Waals surface area contributed by atoms with Gasteiger partial charge in [0.25, 0.3) is 5.91 Å². The summed E-state index contributed by atoms with van der Waals surface area (Å²) in [5, 5.41) is 0. The number of hydrogen-bond acceptors (Lipinski definition) is 5. The predicted molar refractivity (Wildman–Crippen MR) is 103 cm³/mol. The minimum Gasteiger partial charge on any atom is -0.486 e. The van der Waals surface area contributed by atoms with E-state index in [2.05, 4.69) is 0 Å². The molecule has 138 valence electrons. The molecule has 3 heterocycles. The zero-order chi connectivity index (χ0) is 18.5. The lowest BCUT2D eigenvalue weighted by atomic mass is 10.2. The molecule has 0 saturated carbocycles. The van der Waals surface area contributed by atoms with Crippen LogP contribution in [0.15, 0.2) is 81.7 Å². The van der Waals surface area contributed by atoms with E-state index >= 15 is 0 Å². The van der Waals surface area contributed by atoms with Crippen molar-refractivity contribution in [1.82, 2.24) is 4.90 Å². The van der Waals surface area contributed by atoms with Crippen molar-refractivity contribution in [2.24, 2.45) is 0 Å². The number of nitrogens with zero attached hydrogens (tertiary/aromatic N) is 1. The summed E-state index contributed by atoms with van der Waals surface area (Å²) < 4.78 is 16.7. The first-order chi connectivity index (χ1) is 13.3. The van der Waals surface area contributed by atoms with Crippen LogP contribution in [-0.4, -0.2) is 23.2 Å². The largest absolute Gasteiger partial charge is 0.486 e. The van der Waals surface area contributed by atoms with Crippen LogP contribution in [0.1, 0.15) is 17.1 Å². The van der Waals surface area contributed by atoms with Crippen LogP contribution in [0.2, 0.25) is 0 Å². The molecule has 0 fully saturated rings. The van der Waals surface area contributed by atoms with Crippen LogP contribution in [0.5, 0.6) is 0 Å². The molecule has 5 nitrogen and oxygen atoms in total. The highest BCUT2D eigenvalue weighted by Crippen LogP contribution is 2.35. The first-order valence-corrected chi connectivity index (χ1v) is 9.69. The van der Waals surface area contributed by atoms with Gasteiger partial charge in [-0.25, -0.2) is 0 Å². The van der Waals surface area contributed by atoms with Crippen molar-refractivity contribution in [3.8, 4) is 0 Å². The quantitative estimate of drug-likeness (QED) is 0.628. The number of rotatable bonds is 6. The summed E-state index contributed by atoms with van der Waals surface area (Å²) >= 11 is 1.65. The van der Waals surface area contributed by atoms with E-state index in [1.165, 1.54) is 0 Å². The van der Waals surface area contributed by atoms with Gasteiger partial charge in [-0.1, -0.05) is 30.3 Å². The van der Waals surface area contributed by atoms with Crippen molar-refractivity contribution in [3.05, 3.63) is 90.0 Å². The van der Waals surface area contributed by atoms with Crippen LogP contribution < -0.4 is 0 Å². The summed E-state index contributed by atoms with van der Waals surface area (Å²) in [6, 6.07) is 17.2. The normalized spacial score (nSPS) is 14.1. The van der Waals surface area contributed by atoms with Crippen LogP contribution in [0.4, 0.5) is 0 Å². The Balaban J connectivity index is 1.67. The standard InChI is InChI=1S/C21H19NO4S/c23-21(19-20(27-13-12-26-19)16-6-2-1-3-7-16)22(14-17-8-4-10-24-17)15-18-9-5-11-25-18/h1-11H,12-15H2. The fourth-order valence-corrected chi connectivity index (χ4v) is 3.86. The minimum atomic E-state index is -0.172. The Labute approximate surface area is 161 Å². The molecule has 0 atom stereocenters. The summed E-state index contributed by atoms with van der Waals surface area (Å²) in [4.78, 5) is 15.9. The highest BCUT2D eigenvalue weighted by Gasteiger charge is 2.28. The number of hydrogen-bond donors (Lipinski definition) is 0. The average Bonchev–Trinajstić information content (AvgIpc) is 3.42. The molecule has 2 aromatic heterocycles. The molecule has 0 N–H and O–H groups in total. The maximum atomic E-state index is 13.4. The molecule has 0 unspecified atom stereocenters. The summed E-state index contributed by atoms with van der Waals surface area (Å²) in [6.45, 7) is 1.19. The van der Waals surface area contributed by atoms with Crippen molar-refractivity contribution < 1.29 is 18.4 Å². The summed E-state index contributed by atoms with van der Waals surface area (Å²) in [5.41, 5.74) is 0.987. The summed E-state index contributed by atoms with van der Waals surface area (Å²) in [5.74, 6) is 2.45. The Morgan fingerprint density at radius 2 is 1.59 bits per heavy atom. The van der Waals surface area contributed by atoms with Crippen LogP contribution >= 0.6 is 11.8 Å². The van der Waals surface area contributed by atoms with Gasteiger partial charge in [0.1, 0.15) is 11.5 Å². The van der Waals surface area contributed by atoms with E-state index in [1.807, 2.05) is 54.6 Å². The molecule has 0 bridgehead atoms. The third-order valence-corrected chi connectivity index (χ3v) is 5.23. The number of furan rings is 2. The number of carbonyl (C=O) groups excluding carboxylic acids is 1. The van der Waals surface area contributed by atoms with Crippen LogP contribution in [0.25, 0.3) is 4.91 Å². The number of carbonyl (C=O) groups is 1. The summed E-state index contributed by atoms with van der Waals surface area (Å²) in [6.07, 6.45) is 3.21. The lowest BCUT2D eigenvalue weighted by molar-refractivity contribution is -0.132. The van der Waals surface area contributed by atoms with Crippen LogP contribution in [0, 0.1) is 0 Å². The first kappa shape index (κ1) is 17.5. The average molecular weight is 381 g/mol. The van der Waals surface area contributed by atoms with Crippen molar-refractivity contribution in [1.29, 1.82) is 0 Å². The Morgan fingerprint density at radius 3 is 2.19 bits per heavy atom. The van der Waals surface area contributed by atoms with Crippen molar-refractivity contribution in [2.75, 3.05) is 12.4 Å². The molecule has 0 aliphatic carbocycles. The number of thioether (sulfide) groups is 1. The molecule has 1 aromatic carbocycles. The molecule has 6 heteroatoms. The van der Waals surface area contributed by atoms with Gasteiger partial charge in [0.15, 0.2) is 5.76 Å². The smallest absolute Gasteiger partial charge is 0.290 e. The fourth-order valence-electron chi connectivity index (χ4n) is 2.91. The second kappa shape index (κ2) is 8.22. The Kier molecular flexibility index (Phi) is 5.34. The maximum absolute atomic E-state index is 13.4. The summed E-state index contributed by atoms with van der Waals surface area (Å²) in [7, 11) is 0. The first-order valence-electron chi connectivity index (χ1n) is 8.70. The minimum absolute atomic E-state index is 0.172. The van der Waals surface area contributed by atoms with Gasteiger partial charge in [0.05, 0.1) is 37.1 Å². The third kappa shape index (κ3) is 4.11. The Morgan fingerprint density at radius 1 is 0.926 bits per heavy atom. The van der Waals surface area contributed by atoms with E-state index in [0.29, 0.717) is 37.0 Å². The molecular weight excluding hydrogens is 362 g/mol. The molecule has 1 aliphatic rings. The van der Waals surface area contributed by atoms with Crippen LogP contribution in [-0.2, 0) is 22.6 Å². The van der Waals surface area contributed by atoms with Crippen LogP contribution in [0.3, 0.4) is 0 Å². The molecule has 0 saturated heterocycles. The van der Waals surface area contributed by atoms with Crippen molar-refractivity contribution in [2.45, 2.75) is 13.1 Å². The van der Waals surface area contributed by atoms with Gasteiger partial charge in [-0.3, -0.25) is 4.79 Å². The molecular formula is C21H19NO4S. The number of ether oxygens (including phenoxy) is 1. The molecule has 0 spiro atoms. The molecule has 4 rings (SSSR count). The highest BCUT2D eigenvalue weighted by molar-refractivity contribution is 8.08. The molecule has 1 aliphatic heterocycles. The van der Waals surface area contributed by atoms with E-state index in [9.17, 15) is 4.79 Å². The predicted octanol–water partition coefficient (Wildman–Crippen LogP) is 4.53. The van der Waals surface area contributed by atoms with E-state index < -0.39 is 0 Å². The molecule has 1 amide bonds. The van der Waals surface area contributed by atoms with Gasteiger partial charge >= 0.3 is 0 Å². The van der Waals surface area contributed by atoms with Gasteiger partial charge in [-0.2, -0.15) is 0 Å². The monoisotopic (exact) mass is 381 g/mol. The molecule has 27 heavy (non-hydrogen) atoms. The second-order valence-corrected chi connectivity index (χ2v) is 7.15. The SMILES string of the molecule is O=C(C1=C(c2ccccc2)SCCO1)N(Cc1ccco1)Cc1ccco1. The zero-order valence-corrected chi connectivity index (χ0v) is 15.5. The zero-order valence-electron chi connectivity index (χ0n) is 14.7. The van der Waals surface area contributed by atoms with E-state index in [0.717, 1.165) is 16.2 Å². The van der Waals surface area contributed by atoms with Gasteiger partial charge in [-0.05, 0) is 29.8 Å². The highest BCUT2D eigenvalue weighted by atomic mass is 32.2. The molecule has 0 radical (unpaired) electrons. The van der Waals surface area contributed by atoms with Gasteiger partial charge in [0.2, 0.25) is 0 Å². The van der Waals surface area contributed by atoms with Crippen molar-refractivity contribution in [3.63, 3.8) is 0 Å². The maximum Gasteiger partial charge on any atom is 0.290 e. The second-order valence-electron chi connectivity index (χ2n) is 6.04. The van der Waals surface area contributed by atoms with Gasteiger partial charge in [0, 0.05) is 5.75 Å². The Bertz CT molecular complexity index is 865. The van der Waals surface area contributed by atoms with E-state index in [1.54, 1.807) is 29.2 Å². The number of amides is 1. The van der Waals surface area contributed by atoms with Crippen molar-refractivity contribution >= 4 is 22.6 Å². The third-order valence-electron chi connectivity index (χ3n) is 4.15.